The van der Waals surface area contributed by atoms with Gasteiger partial charge in [-0.2, -0.15) is 0 Å². The fourth-order valence-corrected chi connectivity index (χ4v) is 2.93. The lowest BCUT2D eigenvalue weighted by Gasteiger charge is -2.12. The van der Waals surface area contributed by atoms with Gasteiger partial charge in [-0.3, -0.25) is 52.7 Å². The zero-order chi connectivity index (χ0) is 41.5. The summed E-state index contributed by atoms with van der Waals surface area (Å²) in [5.74, 6) is -8.63. The molecule has 302 valence electrons. The van der Waals surface area contributed by atoms with Crippen molar-refractivity contribution in [1.82, 2.24) is 0 Å². The second kappa shape index (κ2) is 31.4. The quantitative estimate of drug-likeness (QED) is 0.0717. The molecule has 0 amide bonds. The second-order valence-corrected chi connectivity index (χ2v) is 10.9. The van der Waals surface area contributed by atoms with Gasteiger partial charge < -0.3 is 52.8 Å². The molecule has 0 radical (unpaired) electrons. The van der Waals surface area contributed by atoms with E-state index in [0.29, 0.717) is 0 Å². The fourth-order valence-electron chi connectivity index (χ4n) is 2.67. The standard InChI is InChI=1S/C17H24O12.C9H12O8.C4H7BrO2/c1-10(18)26-12(3)28-16(22)7-5-14(20)24-9-25-15(21)6-8-17(23)29-13(4)27-11(2)19;10-6(11)1-3-8(14)16-5-17-9(15)4-2-7(12)13;1-3(5)7-4(2)6/h12-13H,5-9H2,1-4H3;1-5H2,(H,10,11)(H,12,13);3H,1-2H3. The van der Waals surface area contributed by atoms with Crippen molar-refractivity contribution >= 4 is 81.6 Å². The second-order valence-electron chi connectivity index (χ2n) is 9.57. The molecule has 0 aliphatic carbocycles. The van der Waals surface area contributed by atoms with Gasteiger partial charge in [0, 0.05) is 34.6 Å². The van der Waals surface area contributed by atoms with Crippen LogP contribution in [0.1, 0.15) is 92.9 Å². The van der Waals surface area contributed by atoms with Crippen molar-refractivity contribution < 1.29 is 106 Å². The molecule has 0 spiro atoms. The number of carbonyl (C=O) groups excluding carboxylic acids is 9. The van der Waals surface area contributed by atoms with E-state index < -0.39 is 85.9 Å². The summed E-state index contributed by atoms with van der Waals surface area (Å²) in [4.78, 5) is 119. The fraction of sp³-hybridized carbons (Fsp3) is 0.633. The number of halogens is 1. The van der Waals surface area contributed by atoms with Gasteiger partial charge in [-0.15, -0.1) is 0 Å². The Bertz CT molecular complexity index is 1160. The van der Waals surface area contributed by atoms with Crippen molar-refractivity contribution in [3.63, 3.8) is 0 Å². The molecule has 0 fully saturated rings. The minimum atomic E-state index is -1.14. The molecule has 2 N–H and O–H groups in total. The van der Waals surface area contributed by atoms with Crippen LogP contribution in [0.25, 0.3) is 0 Å². The molecule has 0 aliphatic rings. The van der Waals surface area contributed by atoms with Crippen LogP contribution in [-0.2, 0) is 95.4 Å². The summed E-state index contributed by atoms with van der Waals surface area (Å²) in [6.07, 6.45) is -4.88. The SMILES string of the molecule is CC(=O)OC(C)Br.CC(=O)OC(C)OC(=O)CCC(=O)OCOC(=O)CCC(=O)OC(C)OC(C)=O.O=C(O)CCC(=O)OCOC(=O)CCC(=O)O. The molecule has 0 saturated heterocycles. The maximum Gasteiger partial charge on any atom is 0.309 e. The number of aliphatic carboxylic acids is 2. The average Bonchev–Trinajstić information content (AvgIpc) is 3.00. The Balaban J connectivity index is -0.000000871. The highest BCUT2D eigenvalue weighted by Crippen LogP contribution is 2.04. The van der Waals surface area contributed by atoms with Crippen molar-refractivity contribution in [2.45, 2.75) is 111 Å². The van der Waals surface area contributed by atoms with Crippen LogP contribution in [0.5, 0.6) is 0 Å². The molecule has 0 aromatic carbocycles. The Labute approximate surface area is 311 Å². The predicted molar refractivity (Wildman–Crippen MR) is 171 cm³/mol. The van der Waals surface area contributed by atoms with Gasteiger partial charge in [0.15, 0.2) is 5.01 Å². The largest absolute Gasteiger partial charge is 0.481 e. The molecule has 3 atom stereocenters. The topological polar surface area (TPSA) is 311 Å². The molecule has 0 saturated carbocycles. The summed E-state index contributed by atoms with van der Waals surface area (Å²) < 4.78 is 41.1. The summed E-state index contributed by atoms with van der Waals surface area (Å²) in [7, 11) is 0. The number of carbonyl (C=O) groups is 11. The first kappa shape index (κ1) is 52.0. The van der Waals surface area contributed by atoms with Gasteiger partial charge in [0.2, 0.25) is 26.2 Å². The van der Waals surface area contributed by atoms with Crippen molar-refractivity contribution in [3.8, 4) is 0 Å². The van der Waals surface area contributed by atoms with Gasteiger partial charge in [0.05, 0.1) is 51.4 Å². The number of alkyl halides is 1. The van der Waals surface area contributed by atoms with Crippen molar-refractivity contribution in [3.05, 3.63) is 0 Å². The Morgan fingerprint density at radius 1 is 0.415 bits per heavy atom. The molecule has 0 heterocycles. The predicted octanol–water partition coefficient (Wildman–Crippen LogP) is 1.55. The Hall–Kier alpha value is -5.35. The third-order valence-corrected chi connectivity index (χ3v) is 4.81. The molecule has 23 heteroatoms. The Morgan fingerprint density at radius 3 is 0.868 bits per heavy atom. The van der Waals surface area contributed by atoms with Gasteiger partial charge in [-0.25, -0.2) is 0 Å². The lowest BCUT2D eigenvalue weighted by atomic mass is 10.3. The van der Waals surface area contributed by atoms with Gasteiger partial charge in [0.25, 0.3) is 0 Å². The van der Waals surface area contributed by atoms with Gasteiger partial charge >= 0.3 is 65.7 Å². The molecule has 3 unspecified atom stereocenters. The highest BCUT2D eigenvalue weighted by Gasteiger charge is 2.17. The van der Waals surface area contributed by atoms with Crippen LogP contribution < -0.4 is 0 Å². The highest BCUT2D eigenvalue weighted by molar-refractivity contribution is 9.09. The summed E-state index contributed by atoms with van der Waals surface area (Å²) in [6, 6.07) is 0. The van der Waals surface area contributed by atoms with Crippen LogP contribution >= 0.6 is 15.9 Å². The summed E-state index contributed by atoms with van der Waals surface area (Å²) in [6.45, 7) is 6.74. The van der Waals surface area contributed by atoms with Crippen LogP contribution in [0, 0.1) is 0 Å². The van der Waals surface area contributed by atoms with Crippen molar-refractivity contribution in [2.24, 2.45) is 0 Å². The van der Waals surface area contributed by atoms with E-state index >= 15 is 0 Å². The van der Waals surface area contributed by atoms with Gasteiger partial charge in [0.1, 0.15) is 0 Å². The molecule has 0 bridgehead atoms. The number of esters is 9. The number of carboxylic acids is 2. The van der Waals surface area contributed by atoms with E-state index in [2.05, 4.69) is 49.1 Å². The monoisotopic (exact) mass is 834 g/mol. The van der Waals surface area contributed by atoms with E-state index in [-0.39, 0.29) is 62.3 Å². The molecule has 0 aliphatic heterocycles. The molecule has 53 heavy (non-hydrogen) atoms. The summed E-state index contributed by atoms with van der Waals surface area (Å²) in [5.41, 5.74) is 0. The number of hydrogen-bond acceptors (Lipinski definition) is 20. The van der Waals surface area contributed by atoms with Crippen molar-refractivity contribution in [1.29, 1.82) is 0 Å². The van der Waals surface area contributed by atoms with E-state index in [9.17, 15) is 52.7 Å². The molecular weight excluding hydrogens is 792 g/mol. The minimum Gasteiger partial charge on any atom is -0.481 e. The summed E-state index contributed by atoms with van der Waals surface area (Å²) >= 11 is 3.03. The lowest BCUT2D eigenvalue weighted by Crippen LogP contribution is -2.21. The molecular formula is C30H43BrO22. The molecule has 0 aromatic rings. The van der Waals surface area contributed by atoms with Crippen LogP contribution in [0.3, 0.4) is 0 Å². The number of carboxylic acid groups (broad SMARTS) is 2. The molecule has 0 aromatic heterocycles. The maximum atomic E-state index is 11.4. The zero-order valence-corrected chi connectivity index (χ0v) is 31.3. The van der Waals surface area contributed by atoms with Gasteiger partial charge in [-0.1, -0.05) is 0 Å². The zero-order valence-electron chi connectivity index (χ0n) is 29.7. The van der Waals surface area contributed by atoms with Crippen LogP contribution in [-0.4, -0.2) is 107 Å². The van der Waals surface area contributed by atoms with Gasteiger partial charge in [-0.05, 0) is 22.9 Å². The first-order chi connectivity index (χ1) is 24.5. The third kappa shape index (κ3) is 42.7. The first-order valence-electron chi connectivity index (χ1n) is 15.1. The Kier molecular flexibility index (Phi) is 30.8. The lowest BCUT2D eigenvalue weighted by molar-refractivity contribution is -0.185. The number of hydrogen-bond donors (Lipinski definition) is 2. The minimum absolute atomic E-state index is 0.162. The molecule has 0 rings (SSSR count). The molecule has 22 nitrogen and oxygen atoms in total. The third-order valence-electron chi connectivity index (χ3n) is 4.62. The van der Waals surface area contributed by atoms with E-state index in [1.54, 1.807) is 6.92 Å². The van der Waals surface area contributed by atoms with E-state index in [1.807, 2.05) is 0 Å². The van der Waals surface area contributed by atoms with Crippen LogP contribution in [0.15, 0.2) is 0 Å². The average molecular weight is 836 g/mol. The van der Waals surface area contributed by atoms with Crippen LogP contribution in [0.2, 0.25) is 0 Å². The van der Waals surface area contributed by atoms with Crippen LogP contribution in [0.4, 0.5) is 0 Å². The van der Waals surface area contributed by atoms with E-state index in [0.717, 1.165) is 13.8 Å². The van der Waals surface area contributed by atoms with E-state index in [4.69, 9.17) is 19.7 Å². The smallest absolute Gasteiger partial charge is 0.309 e. The number of ether oxygens (including phenoxy) is 9. The summed E-state index contributed by atoms with van der Waals surface area (Å²) in [5, 5.41) is 16.3. The normalized spacial score (nSPS) is 11.3. The van der Waals surface area contributed by atoms with Crippen molar-refractivity contribution in [2.75, 3.05) is 13.6 Å². The number of rotatable bonds is 21. The van der Waals surface area contributed by atoms with E-state index in [1.165, 1.54) is 20.8 Å². The first-order valence-corrected chi connectivity index (χ1v) is 16.1. The Morgan fingerprint density at radius 2 is 0.660 bits per heavy atom. The highest BCUT2D eigenvalue weighted by atomic mass is 79.9. The maximum absolute atomic E-state index is 11.4.